The Morgan fingerprint density at radius 2 is 1.67 bits per heavy atom. The number of hydrogen-bond acceptors (Lipinski definition) is 3. The molecule has 0 amide bonds. The van der Waals surface area contributed by atoms with E-state index in [0.29, 0.717) is 12.0 Å². The van der Waals surface area contributed by atoms with Crippen LogP contribution in [0.4, 0.5) is 4.79 Å². The number of carboxylic acids is 1. The van der Waals surface area contributed by atoms with Gasteiger partial charge >= 0.3 is 57.4 Å². The first kappa shape index (κ1) is 20.5. The van der Waals surface area contributed by atoms with Crippen molar-refractivity contribution in [2.45, 2.75) is 33.1 Å². The molecule has 6 heteroatoms. The molecule has 0 aliphatic carbocycles. The smallest absolute Gasteiger partial charge is 0.565 e. The van der Waals surface area contributed by atoms with Gasteiger partial charge in [0.1, 0.15) is 0 Å². The second kappa shape index (κ2) is 14.1. The molecular weight excluding hydrogens is 227 g/mol. The second-order valence-corrected chi connectivity index (χ2v) is 2.44. The van der Waals surface area contributed by atoms with E-state index in [0.717, 1.165) is 12.8 Å². The van der Waals surface area contributed by atoms with Gasteiger partial charge in [-0.1, -0.05) is 26.3 Å². The SMILES string of the molecule is CCCC=C(CC)C(=O)O.O=C([O-])O.[K+]. The maximum absolute atomic E-state index is 10.4. The molecule has 0 radical (unpaired) electrons. The first-order chi connectivity index (χ1) is 6.45. The van der Waals surface area contributed by atoms with E-state index in [-0.39, 0.29) is 51.4 Å². The molecule has 15 heavy (non-hydrogen) atoms. The number of aliphatic carboxylic acids is 1. The van der Waals surface area contributed by atoms with Crippen molar-refractivity contribution in [3.63, 3.8) is 0 Å². The fourth-order valence-corrected chi connectivity index (χ4v) is 0.701. The van der Waals surface area contributed by atoms with E-state index >= 15 is 0 Å². The Morgan fingerprint density at radius 1 is 1.27 bits per heavy atom. The van der Waals surface area contributed by atoms with E-state index < -0.39 is 12.1 Å². The summed E-state index contributed by atoms with van der Waals surface area (Å²) in [4.78, 5) is 18.8. The summed E-state index contributed by atoms with van der Waals surface area (Å²) in [6, 6.07) is 0. The monoisotopic (exact) mass is 242 g/mol. The molecule has 0 aromatic heterocycles. The van der Waals surface area contributed by atoms with Crippen molar-refractivity contribution in [3.8, 4) is 0 Å². The van der Waals surface area contributed by atoms with Gasteiger partial charge in [0.05, 0.1) is 0 Å². The van der Waals surface area contributed by atoms with Gasteiger partial charge in [0.25, 0.3) is 0 Å². The van der Waals surface area contributed by atoms with Crippen LogP contribution in [0.15, 0.2) is 11.6 Å². The summed E-state index contributed by atoms with van der Waals surface area (Å²) >= 11 is 0. The summed E-state index contributed by atoms with van der Waals surface area (Å²) in [6.07, 6.45) is 2.21. The first-order valence-corrected chi connectivity index (χ1v) is 4.27. The maximum atomic E-state index is 10.4. The Bertz CT molecular complexity index is 209. The Morgan fingerprint density at radius 3 is 1.87 bits per heavy atom. The van der Waals surface area contributed by atoms with Gasteiger partial charge in [-0.15, -0.1) is 0 Å². The van der Waals surface area contributed by atoms with E-state index in [9.17, 15) is 4.79 Å². The number of rotatable bonds is 4. The minimum Gasteiger partial charge on any atom is -0.565 e. The Balaban J connectivity index is -0.000000249. The fourth-order valence-electron chi connectivity index (χ4n) is 0.701. The topological polar surface area (TPSA) is 97.7 Å². The molecule has 0 aliphatic rings. The van der Waals surface area contributed by atoms with Gasteiger partial charge in [0.15, 0.2) is 0 Å². The zero-order valence-corrected chi connectivity index (χ0v) is 12.4. The van der Waals surface area contributed by atoms with Gasteiger partial charge in [-0.3, -0.25) is 0 Å². The van der Waals surface area contributed by atoms with Crippen molar-refractivity contribution in [1.82, 2.24) is 0 Å². The second-order valence-electron chi connectivity index (χ2n) is 2.44. The van der Waals surface area contributed by atoms with Gasteiger partial charge in [-0.2, -0.15) is 0 Å². The van der Waals surface area contributed by atoms with Crippen LogP contribution in [0.1, 0.15) is 33.1 Å². The molecule has 0 heterocycles. The van der Waals surface area contributed by atoms with E-state index in [1.165, 1.54) is 0 Å². The third-order valence-electron chi connectivity index (χ3n) is 1.34. The summed E-state index contributed by atoms with van der Waals surface area (Å²) in [7, 11) is 0. The van der Waals surface area contributed by atoms with E-state index in [4.69, 9.17) is 20.1 Å². The predicted octanol–water partition coefficient (Wildman–Crippen LogP) is -1.90. The van der Waals surface area contributed by atoms with Crippen LogP contribution in [-0.4, -0.2) is 22.3 Å². The van der Waals surface area contributed by atoms with Crippen LogP contribution in [-0.2, 0) is 4.79 Å². The molecule has 0 bridgehead atoms. The van der Waals surface area contributed by atoms with Crippen molar-refractivity contribution >= 4 is 12.1 Å². The molecule has 0 rings (SSSR count). The van der Waals surface area contributed by atoms with Crippen LogP contribution in [0.3, 0.4) is 0 Å². The molecule has 0 saturated heterocycles. The molecule has 0 aromatic carbocycles. The Hall–Kier alpha value is 0.116. The van der Waals surface area contributed by atoms with Crippen LogP contribution < -0.4 is 56.5 Å². The summed E-state index contributed by atoms with van der Waals surface area (Å²) in [5.41, 5.74) is 0.529. The molecule has 82 valence electrons. The van der Waals surface area contributed by atoms with Gasteiger partial charge in [-0.25, -0.2) is 4.79 Å². The molecule has 0 fully saturated rings. The molecule has 5 nitrogen and oxygen atoms in total. The van der Waals surface area contributed by atoms with Gasteiger partial charge in [0.2, 0.25) is 6.16 Å². The van der Waals surface area contributed by atoms with Gasteiger partial charge in [-0.05, 0) is 12.8 Å². The van der Waals surface area contributed by atoms with Crippen molar-refractivity contribution in [2.75, 3.05) is 0 Å². The minimum atomic E-state index is -2.08. The molecule has 0 aromatic rings. The molecule has 0 spiro atoms. The average molecular weight is 242 g/mol. The molecule has 0 aliphatic heterocycles. The van der Waals surface area contributed by atoms with Crippen LogP contribution in [0.5, 0.6) is 0 Å². The summed E-state index contributed by atoms with van der Waals surface area (Å²) in [6.45, 7) is 3.89. The van der Waals surface area contributed by atoms with Gasteiger partial charge in [0, 0.05) is 5.57 Å². The first-order valence-electron chi connectivity index (χ1n) is 4.27. The van der Waals surface area contributed by atoms with E-state index in [1.54, 1.807) is 6.08 Å². The van der Waals surface area contributed by atoms with Gasteiger partial charge < -0.3 is 20.1 Å². The van der Waals surface area contributed by atoms with Crippen molar-refractivity contribution in [3.05, 3.63) is 11.6 Å². The van der Waals surface area contributed by atoms with Crippen LogP contribution in [0.25, 0.3) is 0 Å². The molecular formula is C9H15KO5. The zero-order chi connectivity index (χ0) is 11.6. The quantitative estimate of drug-likeness (QED) is 0.443. The maximum Gasteiger partial charge on any atom is 1.00 e. The number of unbranched alkanes of at least 4 members (excludes halogenated alkanes) is 1. The third kappa shape index (κ3) is 20.2. The summed E-state index contributed by atoms with van der Waals surface area (Å²) < 4.78 is 0. The van der Waals surface area contributed by atoms with E-state index in [1.807, 2.05) is 13.8 Å². The third-order valence-corrected chi connectivity index (χ3v) is 1.34. The van der Waals surface area contributed by atoms with Crippen LogP contribution >= 0.6 is 0 Å². The Kier molecular flexibility index (Phi) is 19.3. The average Bonchev–Trinajstić information content (AvgIpc) is 2.04. The van der Waals surface area contributed by atoms with Crippen molar-refractivity contribution < 1.29 is 76.3 Å². The number of allylic oxidation sites excluding steroid dienone is 1. The minimum absolute atomic E-state index is 0. The summed E-state index contributed by atoms with van der Waals surface area (Å²) in [5.74, 6) is -0.782. The molecule has 0 saturated carbocycles. The largest absolute Gasteiger partial charge is 1.00 e. The standard InChI is InChI=1S/C8H14O2.CH2O3.K/c1-3-5-6-7(4-2)8(9)10;2-1(3)4;/h6H,3-5H2,1-2H3,(H,9,10);(H2,2,3,4);/q;;+1/p-1. The van der Waals surface area contributed by atoms with Crippen molar-refractivity contribution in [1.29, 1.82) is 0 Å². The predicted molar refractivity (Wildman–Crippen MR) is 48.9 cm³/mol. The molecule has 2 N–H and O–H groups in total. The molecule has 0 atom stereocenters. The van der Waals surface area contributed by atoms with E-state index in [2.05, 4.69) is 0 Å². The number of carboxylic acid groups (broad SMARTS) is 3. The van der Waals surface area contributed by atoms with Crippen LogP contribution in [0.2, 0.25) is 0 Å². The fraction of sp³-hybridized carbons (Fsp3) is 0.556. The molecule has 0 unspecified atom stereocenters. The number of hydrogen-bond donors (Lipinski definition) is 2. The zero-order valence-electron chi connectivity index (χ0n) is 9.32. The number of carbonyl (C=O) groups is 2. The Labute approximate surface area is 132 Å². The van der Waals surface area contributed by atoms with Crippen molar-refractivity contribution in [2.24, 2.45) is 0 Å². The summed E-state index contributed by atoms with van der Waals surface area (Å²) in [5, 5.41) is 23.8. The van der Waals surface area contributed by atoms with Crippen LogP contribution in [0, 0.1) is 0 Å². The normalized spacial score (nSPS) is 9.33.